The van der Waals surface area contributed by atoms with Gasteiger partial charge in [0.05, 0.1) is 0 Å². The second-order valence-electron chi connectivity index (χ2n) is 5.28. The first kappa shape index (κ1) is 12.9. The number of aryl methyl sites for hydroxylation is 1. The largest absolute Gasteiger partial charge is 0.399 e. The molecule has 0 bridgehead atoms. The van der Waals surface area contributed by atoms with Crippen molar-refractivity contribution in [3.05, 3.63) is 29.8 Å². The van der Waals surface area contributed by atoms with Gasteiger partial charge in [-0.25, -0.2) is 0 Å². The molecule has 3 nitrogen and oxygen atoms in total. The number of hydrogen-bond donors (Lipinski definition) is 1. The molecule has 1 atom stereocenters. The van der Waals surface area contributed by atoms with Crippen LogP contribution in [0.1, 0.15) is 31.7 Å². The molecule has 1 amide bonds. The van der Waals surface area contributed by atoms with E-state index in [1.54, 1.807) is 0 Å². The Hall–Kier alpha value is -1.51. The molecule has 2 N–H and O–H groups in total. The molecule has 2 rings (SSSR count). The Morgan fingerprint density at radius 2 is 2.11 bits per heavy atom. The Kier molecular flexibility index (Phi) is 3.90. The number of anilines is 1. The van der Waals surface area contributed by atoms with Crippen molar-refractivity contribution in [1.29, 1.82) is 0 Å². The number of para-hydroxylation sites is 1. The van der Waals surface area contributed by atoms with Gasteiger partial charge in [-0.05, 0) is 43.7 Å². The van der Waals surface area contributed by atoms with Crippen LogP contribution in [0.3, 0.4) is 0 Å². The van der Waals surface area contributed by atoms with E-state index in [4.69, 9.17) is 5.73 Å². The Morgan fingerprint density at radius 1 is 1.44 bits per heavy atom. The van der Waals surface area contributed by atoms with Gasteiger partial charge in [-0.1, -0.05) is 18.2 Å². The normalized spacial score (nSPS) is 16.3. The van der Waals surface area contributed by atoms with Crippen molar-refractivity contribution in [2.24, 2.45) is 5.92 Å². The van der Waals surface area contributed by atoms with Gasteiger partial charge >= 0.3 is 0 Å². The van der Waals surface area contributed by atoms with E-state index in [0.717, 1.165) is 23.6 Å². The number of nitrogens with two attached hydrogens (primary N) is 1. The van der Waals surface area contributed by atoms with Crippen LogP contribution in [0.2, 0.25) is 0 Å². The second kappa shape index (κ2) is 5.42. The van der Waals surface area contributed by atoms with Gasteiger partial charge < -0.3 is 10.6 Å². The zero-order valence-corrected chi connectivity index (χ0v) is 11.2. The first-order chi connectivity index (χ1) is 8.59. The van der Waals surface area contributed by atoms with Crippen LogP contribution >= 0.6 is 0 Å². The molecule has 0 radical (unpaired) electrons. The number of hydrogen-bond acceptors (Lipinski definition) is 2. The van der Waals surface area contributed by atoms with E-state index in [1.165, 1.54) is 12.8 Å². The molecule has 0 spiro atoms. The maximum atomic E-state index is 12.1. The van der Waals surface area contributed by atoms with Crippen molar-refractivity contribution < 1.29 is 4.79 Å². The molecular weight excluding hydrogens is 224 g/mol. The summed E-state index contributed by atoms with van der Waals surface area (Å²) in [5, 5.41) is 0. The molecule has 1 unspecified atom stereocenters. The summed E-state index contributed by atoms with van der Waals surface area (Å²) in [6.07, 6.45) is 3.81. The molecule has 0 aromatic heterocycles. The molecule has 1 saturated carbocycles. The molecule has 18 heavy (non-hydrogen) atoms. The minimum Gasteiger partial charge on any atom is -0.399 e. The zero-order chi connectivity index (χ0) is 13.1. The van der Waals surface area contributed by atoms with Crippen LogP contribution in [0.15, 0.2) is 24.3 Å². The molecule has 0 heterocycles. The molecular formula is C15H22N2O. The Labute approximate surface area is 109 Å². The van der Waals surface area contributed by atoms with Crippen molar-refractivity contribution in [2.45, 2.75) is 38.6 Å². The van der Waals surface area contributed by atoms with E-state index in [2.05, 4.69) is 6.92 Å². The molecule has 0 aliphatic heterocycles. The van der Waals surface area contributed by atoms with Crippen LogP contribution in [-0.2, 0) is 11.2 Å². The first-order valence-corrected chi connectivity index (χ1v) is 6.68. The number of nitrogens with zero attached hydrogens (tertiary/aromatic N) is 1. The van der Waals surface area contributed by atoms with E-state index in [-0.39, 0.29) is 5.91 Å². The van der Waals surface area contributed by atoms with Crippen molar-refractivity contribution >= 4 is 11.6 Å². The standard InChI is InChI=1S/C15H22N2O/c1-11(12-7-8-12)17(2)15(18)10-9-13-5-3-4-6-14(13)16/h3-6,11-12H,7-10,16H2,1-2H3. The maximum absolute atomic E-state index is 12.1. The van der Waals surface area contributed by atoms with Crippen LogP contribution < -0.4 is 5.73 Å². The van der Waals surface area contributed by atoms with Crippen LogP contribution in [0, 0.1) is 5.92 Å². The Bertz CT molecular complexity index is 426. The first-order valence-electron chi connectivity index (χ1n) is 6.68. The number of benzene rings is 1. The lowest BCUT2D eigenvalue weighted by Gasteiger charge is -2.25. The Morgan fingerprint density at radius 3 is 2.72 bits per heavy atom. The third-order valence-electron chi connectivity index (χ3n) is 3.97. The van der Waals surface area contributed by atoms with Gasteiger partial charge in [0, 0.05) is 25.2 Å². The van der Waals surface area contributed by atoms with Gasteiger partial charge in [0.25, 0.3) is 0 Å². The molecule has 1 aliphatic carbocycles. The fourth-order valence-electron chi connectivity index (χ4n) is 2.30. The number of carbonyl (C=O) groups excluding carboxylic acids is 1. The fraction of sp³-hybridized carbons (Fsp3) is 0.533. The van der Waals surface area contributed by atoms with Gasteiger partial charge in [-0.2, -0.15) is 0 Å². The highest BCUT2D eigenvalue weighted by Crippen LogP contribution is 2.34. The molecule has 1 aromatic carbocycles. The van der Waals surface area contributed by atoms with E-state index in [9.17, 15) is 4.79 Å². The summed E-state index contributed by atoms with van der Waals surface area (Å²) in [7, 11) is 1.92. The molecule has 98 valence electrons. The highest BCUT2D eigenvalue weighted by atomic mass is 16.2. The van der Waals surface area contributed by atoms with Crippen molar-refractivity contribution in [2.75, 3.05) is 12.8 Å². The lowest BCUT2D eigenvalue weighted by Crippen LogP contribution is -2.36. The molecule has 0 saturated heterocycles. The van der Waals surface area contributed by atoms with Gasteiger partial charge in [-0.3, -0.25) is 4.79 Å². The monoisotopic (exact) mass is 246 g/mol. The summed E-state index contributed by atoms with van der Waals surface area (Å²) >= 11 is 0. The number of nitrogen functional groups attached to an aromatic ring is 1. The number of rotatable bonds is 5. The number of amides is 1. The molecule has 1 aromatic rings. The van der Waals surface area contributed by atoms with Gasteiger partial charge in [0.2, 0.25) is 5.91 Å². The van der Waals surface area contributed by atoms with Crippen molar-refractivity contribution in [3.8, 4) is 0 Å². The van der Waals surface area contributed by atoms with E-state index in [1.807, 2.05) is 36.2 Å². The quantitative estimate of drug-likeness (QED) is 0.811. The average Bonchev–Trinajstić information content (AvgIpc) is 3.20. The van der Waals surface area contributed by atoms with Crippen LogP contribution in [0.5, 0.6) is 0 Å². The lowest BCUT2D eigenvalue weighted by molar-refractivity contribution is -0.132. The van der Waals surface area contributed by atoms with Crippen molar-refractivity contribution in [3.63, 3.8) is 0 Å². The summed E-state index contributed by atoms with van der Waals surface area (Å²) < 4.78 is 0. The molecule has 1 fully saturated rings. The summed E-state index contributed by atoms with van der Waals surface area (Å²) in [4.78, 5) is 14.0. The summed E-state index contributed by atoms with van der Waals surface area (Å²) in [6, 6.07) is 8.14. The van der Waals surface area contributed by atoms with Gasteiger partial charge in [-0.15, -0.1) is 0 Å². The predicted molar refractivity (Wildman–Crippen MR) is 74.1 cm³/mol. The van der Waals surface area contributed by atoms with E-state index in [0.29, 0.717) is 12.5 Å². The van der Waals surface area contributed by atoms with Crippen LogP contribution in [0.4, 0.5) is 5.69 Å². The van der Waals surface area contributed by atoms with E-state index < -0.39 is 0 Å². The Balaban J connectivity index is 1.86. The van der Waals surface area contributed by atoms with Crippen molar-refractivity contribution in [1.82, 2.24) is 4.90 Å². The SMILES string of the molecule is CC(C1CC1)N(C)C(=O)CCc1ccccc1N. The summed E-state index contributed by atoms with van der Waals surface area (Å²) in [5.41, 5.74) is 7.72. The van der Waals surface area contributed by atoms with Crippen LogP contribution in [-0.4, -0.2) is 23.9 Å². The average molecular weight is 246 g/mol. The minimum atomic E-state index is 0.220. The number of carbonyl (C=O) groups is 1. The third kappa shape index (κ3) is 3.03. The van der Waals surface area contributed by atoms with Crippen LogP contribution in [0.25, 0.3) is 0 Å². The highest BCUT2D eigenvalue weighted by molar-refractivity contribution is 5.76. The lowest BCUT2D eigenvalue weighted by atomic mass is 10.1. The topological polar surface area (TPSA) is 46.3 Å². The summed E-state index contributed by atoms with van der Waals surface area (Å²) in [5.74, 6) is 0.943. The van der Waals surface area contributed by atoms with Gasteiger partial charge in [0.1, 0.15) is 0 Å². The highest BCUT2D eigenvalue weighted by Gasteiger charge is 2.32. The third-order valence-corrected chi connectivity index (χ3v) is 3.97. The fourth-order valence-corrected chi connectivity index (χ4v) is 2.30. The smallest absolute Gasteiger partial charge is 0.222 e. The summed E-state index contributed by atoms with van der Waals surface area (Å²) in [6.45, 7) is 2.15. The molecule has 1 aliphatic rings. The zero-order valence-electron chi connectivity index (χ0n) is 11.2. The van der Waals surface area contributed by atoms with E-state index >= 15 is 0 Å². The van der Waals surface area contributed by atoms with Gasteiger partial charge in [0.15, 0.2) is 0 Å². The predicted octanol–water partition coefficient (Wildman–Crippen LogP) is 2.46. The second-order valence-corrected chi connectivity index (χ2v) is 5.28. The minimum absolute atomic E-state index is 0.220. The molecule has 3 heteroatoms. The maximum Gasteiger partial charge on any atom is 0.222 e.